The third-order valence-electron chi connectivity index (χ3n) is 2.46. The predicted molar refractivity (Wildman–Crippen MR) is 71.8 cm³/mol. The molecule has 0 aliphatic carbocycles. The van der Waals surface area contributed by atoms with Gasteiger partial charge >= 0.3 is 0 Å². The van der Waals surface area contributed by atoms with E-state index in [1.54, 1.807) is 0 Å². The van der Waals surface area contributed by atoms with Gasteiger partial charge in [-0.15, -0.1) is 0 Å². The molecule has 0 radical (unpaired) electrons. The van der Waals surface area contributed by atoms with Crippen LogP contribution in [0.25, 0.3) is 0 Å². The summed E-state index contributed by atoms with van der Waals surface area (Å²) in [4.78, 5) is -0.663. The topological polar surface area (TPSA) is 66.8 Å². The van der Waals surface area contributed by atoms with Gasteiger partial charge in [0.1, 0.15) is 16.5 Å². The zero-order valence-corrected chi connectivity index (χ0v) is 13.0. The van der Waals surface area contributed by atoms with Crippen molar-refractivity contribution in [2.24, 2.45) is 0 Å². The van der Waals surface area contributed by atoms with Crippen LogP contribution in [0.4, 0.5) is 8.78 Å². The van der Waals surface area contributed by atoms with Gasteiger partial charge in [0.05, 0.1) is 13.2 Å². The standard InChI is InChI=1S/C11H14BrF2NO4S/c1-19-5-3-15(2-4-16)20(17,18)11-9(12)6-8(13)7-10(11)14/h6-7,16H,2-5H2,1H3. The van der Waals surface area contributed by atoms with Crippen LogP contribution in [0.1, 0.15) is 0 Å². The minimum atomic E-state index is -4.21. The van der Waals surface area contributed by atoms with Crippen LogP contribution in [0.2, 0.25) is 0 Å². The number of methoxy groups -OCH3 is 1. The predicted octanol–water partition coefficient (Wildman–Crippen LogP) is 1.36. The second-order valence-corrected chi connectivity index (χ2v) is 6.55. The van der Waals surface area contributed by atoms with Crippen LogP contribution in [0.15, 0.2) is 21.5 Å². The van der Waals surface area contributed by atoms with Gasteiger partial charge < -0.3 is 9.84 Å². The van der Waals surface area contributed by atoms with Gasteiger partial charge in [0.15, 0.2) is 0 Å². The third kappa shape index (κ3) is 3.95. The molecule has 114 valence electrons. The van der Waals surface area contributed by atoms with E-state index in [-0.39, 0.29) is 24.2 Å². The van der Waals surface area contributed by atoms with Gasteiger partial charge in [0.2, 0.25) is 10.0 Å². The van der Waals surface area contributed by atoms with Crippen molar-refractivity contribution in [3.05, 3.63) is 28.2 Å². The lowest BCUT2D eigenvalue weighted by atomic mass is 10.3. The molecule has 0 aliphatic rings. The zero-order valence-electron chi connectivity index (χ0n) is 10.6. The van der Waals surface area contributed by atoms with Crippen molar-refractivity contribution >= 4 is 26.0 Å². The van der Waals surface area contributed by atoms with Gasteiger partial charge in [-0.2, -0.15) is 4.31 Å². The van der Waals surface area contributed by atoms with E-state index < -0.39 is 33.2 Å². The molecule has 0 amide bonds. The summed E-state index contributed by atoms with van der Waals surface area (Å²) in [5, 5.41) is 8.92. The van der Waals surface area contributed by atoms with Crippen LogP contribution in [-0.4, -0.2) is 51.2 Å². The molecule has 9 heteroatoms. The fourth-order valence-corrected chi connectivity index (χ4v) is 4.09. The summed E-state index contributed by atoms with van der Waals surface area (Å²) in [6, 6.07) is 1.36. The highest BCUT2D eigenvalue weighted by atomic mass is 79.9. The number of aliphatic hydroxyl groups is 1. The molecule has 0 fully saturated rings. The highest BCUT2D eigenvalue weighted by Gasteiger charge is 2.29. The van der Waals surface area contributed by atoms with Gasteiger partial charge in [-0.1, -0.05) is 0 Å². The van der Waals surface area contributed by atoms with Gasteiger partial charge in [-0.25, -0.2) is 17.2 Å². The first-order valence-corrected chi connectivity index (χ1v) is 7.82. The lowest BCUT2D eigenvalue weighted by Gasteiger charge is -2.21. The second-order valence-electron chi connectivity index (χ2n) is 3.82. The van der Waals surface area contributed by atoms with E-state index in [4.69, 9.17) is 9.84 Å². The molecule has 0 heterocycles. The minimum absolute atomic E-state index is 0.0529. The lowest BCUT2D eigenvalue weighted by Crippen LogP contribution is -2.36. The maximum Gasteiger partial charge on any atom is 0.247 e. The first-order chi connectivity index (χ1) is 9.34. The first-order valence-electron chi connectivity index (χ1n) is 5.59. The quantitative estimate of drug-likeness (QED) is 0.783. The van der Waals surface area contributed by atoms with Crippen LogP contribution in [0.3, 0.4) is 0 Å². The van der Waals surface area contributed by atoms with Gasteiger partial charge in [-0.3, -0.25) is 0 Å². The molecule has 0 saturated heterocycles. The minimum Gasteiger partial charge on any atom is -0.395 e. The van der Waals surface area contributed by atoms with E-state index in [1.807, 2.05) is 0 Å². The molecule has 0 saturated carbocycles. The Labute approximate surface area is 124 Å². The SMILES string of the molecule is COCCN(CCO)S(=O)(=O)c1c(F)cc(F)cc1Br. The number of hydrogen-bond acceptors (Lipinski definition) is 4. The Morgan fingerprint density at radius 2 is 2.00 bits per heavy atom. The van der Waals surface area contributed by atoms with E-state index in [0.717, 1.165) is 10.4 Å². The Balaban J connectivity index is 3.26. The number of nitrogens with zero attached hydrogens (tertiary/aromatic N) is 1. The smallest absolute Gasteiger partial charge is 0.247 e. The summed E-state index contributed by atoms with van der Waals surface area (Å²) in [5.74, 6) is -2.09. The number of rotatable bonds is 7. The number of aliphatic hydroxyl groups excluding tert-OH is 1. The molecular formula is C11H14BrF2NO4S. The van der Waals surface area contributed by atoms with Crippen molar-refractivity contribution in [1.29, 1.82) is 0 Å². The van der Waals surface area contributed by atoms with Crippen molar-refractivity contribution in [3.63, 3.8) is 0 Å². The molecule has 20 heavy (non-hydrogen) atoms. The number of ether oxygens (including phenoxy) is 1. The van der Waals surface area contributed by atoms with Crippen molar-refractivity contribution in [1.82, 2.24) is 4.31 Å². The van der Waals surface area contributed by atoms with Crippen molar-refractivity contribution in [2.75, 3.05) is 33.4 Å². The maximum atomic E-state index is 13.8. The van der Waals surface area contributed by atoms with Crippen LogP contribution in [0, 0.1) is 11.6 Å². The molecule has 5 nitrogen and oxygen atoms in total. The monoisotopic (exact) mass is 373 g/mol. The number of benzene rings is 1. The average Bonchev–Trinajstić information content (AvgIpc) is 2.32. The van der Waals surface area contributed by atoms with E-state index >= 15 is 0 Å². The normalized spacial score (nSPS) is 12.1. The highest BCUT2D eigenvalue weighted by molar-refractivity contribution is 9.10. The van der Waals surface area contributed by atoms with Crippen molar-refractivity contribution in [2.45, 2.75) is 4.90 Å². The fourth-order valence-electron chi connectivity index (χ4n) is 1.56. The molecule has 1 aromatic rings. The Morgan fingerprint density at radius 1 is 1.35 bits per heavy atom. The number of sulfonamides is 1. The fraction of sp³-hybridized carbons (Fsp3) is 0.455. The Morgan fingerprint density at radius 3 is 2.50 bits per heavy atom. The zero-order chi connectivity index (χ0) is 15.3. The van der Waals surface area contributed by atoms with E-state index in [0.29, 0.717) is 6.07 Å². The molecule has 0 bridgehead atoms. The summed E-state index contributed by atoms with van der Waals surface area (Å²) in [7, 11) is -2.82. The van der Waals surface area contributed by atoms with E-state index in [9.17, 15) is 17.2 Å². The molecule has 0 aliphatic heterocycles. The van der Waals surface area contributed by atoms with Crippen molar-refractivity contribution < 1.29 is 27.0 Å². The van der Waals surface area contributed by atoms with Gasteiger partial charge in [0, 0.05) is 30.7 Å². The average molecular weight is 374 g/mol. The lowest BCUT2D eigenvalue weighted by molar-refractivity contribution is 0.168. The molecule has 1 N–H and O–H groups in total. The molecule has 0 atom stereocenters. The van der Waals surface area contributed by atoms with Crippen molar-refractivity contribution in [3.8, 4) is 0 Å². The van der Waals surface area contributed by atoms with Gasteiger partial charge in [-0.05, 0) is 22.0 Å². The molecule has 1 rings (SSSR count). The summed E-state index contributed by atoms with van der Waals surface area (Å²) >= 11 is 2.84. The molecular weight excluding hydrogens is 360 g/mol. The maximum absolute atomic E-state index is 13.8. The molecule has 1 aromatic carbocycles. The summed E-state index contributed by atoms with van der Waals surface area (Å²) in [6.45, 7) is -0.610. The number of halogens is 3. The first kappa shape index (κ1) is 17.4. The molecule has 0 aromatic heterocycles. The third-order valence-corrected chi connectivity index (χ3v) is 5.32. The van der Waals surface area contributed by atoms with Gasteiger partial charge in [0.25, 0.3) is 0 Å². The van der Waals surface area contributed by atoms with Crippen LogP contribution in [-0.2, 0) is 14.8 Å². The summed E-state index contributed by atoms with van der Waals surface area (Å²) in [6.07, 6.45) is 0. The Bertz CT molecular complexity index is 545. The second kappa shape index (κ2) is 7.41. The van der Waals surface area contributed by atoms with Crippen LogP contribution >= 0.6 is 15.9 Å². The summed E-state index contributed by atoms with van der Waals surface area (Å²) in [5.41, 5.74) is 0. The summed E-state index contributed by atoms with van der Waals surface area (Å²) < 4.78 is 56.9. The molecule has 0 spiro atoms. The Hall–Kier alpha value is -0.610. The van der Waals surface area contributed by atoms with Crippen LogP contribution < -0.4 is 0 Å². The number of hydrogen-bond donors (Lipinski definition) is 1. The highest BCUT2D eigenvalue weighted by Crippen LogP contribution is 2.28. The Kier molecular flexibility index (Phi) is 6.46. The molecule has 0 unspecified atom stereocenters. The largest absolute Gasteiger partial charge is 0.395 e. The van der Waals surface area contributed by atoms with Crippen LogP contribution in [0.5, 0.6) is 0 Å². The van der Waals surface area contributed by atoms with E-state index in [1.165, 1.54) is 7.11 Å². The van der Waals surface area contributed by atoms with E-state index in [2.05, 4.69) is 15.9 Å².